The lowest BCUT2D eigenvalue weighted by molar-refractivity contribution is -0.131. The number of nitrogens with zero attached hydrogens (tertiary/aromatic N) is 2. The summed E-state index contributed by atoms with van der Waals surface area (Å²) in [5, 5.41) is 2.80. The molecule has 0 spiro atoms. The van der Waals surface area contributed by atoms with E-state index in [0.29, 0.717) is 22.7 Å². The maximum Gasteiger partial charge on any atom is 0.322 e. The van der Waals surface area contributed by atoms with E-state index in [9.17, 15) is 9.59 Å². The minimum Gasteiger partial charge on any atom is -0.427 e. The van der Waals surface area contributed by atoms with Crippen molar-refractivity contribution in [1.29, 1.82) is 0 Å². The molecule has 7 nitrogen and oxygen atoms in total. The summed E-state index contributed by atoms with van der Waals surface area (Å²) in [4.78, 5) is 31.9. The van der Waals surface area contributed by atoms with Gasteiger partial charge in [-0.05, 0) is 56.3 Å². The van der Waals surface area contributed by atoms with E-state index < -0.39 is 5.97 Å². The molecule has 0 aliphatic rings. The van der Waals surface area contributed by atoms with Crippen LogP contribution < -0.4 is 14.8 Å². The second-order valence-corrected chi connectivity index (χ2v) is 6.14. The van der Waals surface area contributed by atoms with E-state index in [2.05, 4.69) is 15.3 Å². The van der Waals surface area contributed by atoms with Crippen LogP contribution in [0.5, 0.6) is 17.5 Å². The van der Waals surface area contributed by atoms with Gasteiger partial charge in [-0.25, -0.2) is 9.97 Å². The van der Waals surface area contributed by atoms with Crippen molar-refractivity contribution >= 4 is 17.6 Å². The minimum absolute atomic E-state index is 0.252. The lowest BCUT2D eigenvalue weighted by Crippen LogP contribution is -2.12. The Morgan fingerprint density at radius 3 is 2.21 bits per heavy atom. The lowest BCUT2D eigenvalue weighted by Gasteiger charge is -2.09. The van der Waals surface area contributed by atoms with Gasteiger partial charge in [0.05, 0.1) is 0 Å². The molecule has 0 fully saturated rings. The SMILES string of the molecule is CC(=O)Oc1ccc(C(=O)Nc2cccc(Oc3nc(C)cc(C)n3)c2)cc1. The smallest absolute Gasteiger partial charge is 0.322 e. The topological polar surface area (TPSA) is 90.4 Å². The molecule has 7 heteroatoms. The van der Waals surface area contributed by atoms with Crippen LogP contribution in [0.2, 0.25) is 0 Å². The number of hydrogen-bond donors (Lipinski definition) is 1. The molecule has 3 aromatic rings. The third kappa shape index (κ3) is 5.14. The summed E-state index contributed by atoms with van der Waals surface area (Å²) in [7, 11) is 0. The van der Waals surface area contributed by atoms with Crippen LogP contribution in [-0.4, -0.2) is 21.8 Å². The molecular weight excluding hydrogens is 358 g/mol. The van der Waals surface area contributed by atoms with Gasteiger partial charge in [-0.2, -0.15) is 0 Å². The fourth-order valence-electron chi connectivity index (χ4n) is 2.53. The first-order chi connectivity index (χ1) is 13.4. The summed E-state index contributed by atoms with van der Waals surface area (Å²) in [5.74, 6) is 0.178. The molecule has 1 aromatic heterocycles. The second kappa shape index (κ2) is 8.30. The molecule has 1 N–H and O–H groups in total. The summed E-state index contributed by atoms with van der Waals surface area (Å²) in [6.45, 7) is 5.05. The number of benzene rings is 2. The highest BCUT2D eigenvalue weighted by atomic mass is 16.5. The van der Waals surface area contributed by atoms with Crippen molar-refractivity contribution < 1.29 is 19.1 Å². The highest BCUT2D eigenvalue weighted by molar-refractivity contribution is 6.04. The van der Waals surface area contributed by atoms with Crippen molar-refractivity contribution in [3.05, 3.63) is 71.5 Å². The van der Waals surface area contributed by atoms with Crippen molar-refractivity contribution in [3.63, 3.8) is 0 Å². The second-order valence-electron chi connectivity index (χ2n) is 6.14. The summed E-state index contributed by atoms with van der Waals surface area (Å²) < 4.78 is 10.7. The lowest BCUT2D eigenvalue weighted by atomic mass is 10.2. The van der Waals surface area contributed by atoms with E-state index in [-0.39, 0.29) is 11.9 Å². The van der Waals surface area contributed by atoms with Crippen molar-refractivity contribution in [3.8, 4) is 17.5 Å². The number of aromatic nitrogens is 2. The van der Waals surface area contributed by atoms with Crippen molar-refractivity contribution in [2.24, 2.45) is 0 Å². The van der Waals surface area contributed by atoms with Crippen molar-refractivity contribution in [2.45, 2.75) is 20.8 Å². The van der Waals surface area contributed by atoms with E-state index in [0.717, 1.165) is 11.4 Å². The summed E-state index contributed by atoms with van der Waals surface area (Å²) >= 11 is 0. The molecule has 0 aliphatic heterocycles. The maximum absolute atomic E-state index is 12.4. The quantitative estimate of drug-likeness (QED) is 0.533. The number of amides is 1. The molecule has 0 atom stereocenters. The van der Waals surface area contributed by atoms with Gasteiger partial charge >= 0.3 is 12.0 Å². The first kappa shape index (κ1) is 19.0. The van der Waals surface area contributed by atoms with E-state index in [1.165, 1.54) is 6.92 Å². The fourth-order valence-corrected chi connectivity index (χ4v) is 2.53. The molecule has 0 saturated heterocycles. The predicted molar refractivity (Wildman–Crippen MR) is 104 cm³/mol. The molecule has 0 bridgehead atoms. The summed E-state index contributed by atoms with van der Waals surface area (Å²) in [6.07, 6.45) is 0. The Bertz CT molecular complexity index is 996. The number of esters is 1. The molecular formula is C21H19N3O4. The van der Waals surface area contributed by atoms with Gasteiger partial charge in [0.25, 0.3) is 5.91 Å². The molecule has 2 aromatic carbocycles. The number of aryl methyl sites for hydroxylation is 2. The monoisotopic (exact) mass is 377 g/mol. The number of carbonyl (C=O) groups excluding carboxylic acids is 2. The Labute approximate surface area is 162 Å². The van der Waals surface area contributed by atoms with Gasteiger partial charge in [-0.15, -0.1) is 0 Å². The average molecular weight is 377 g/mol. The number of anilines is 1. The van der Waals surface area contributed by atoms with Gasteiger partial charge in [0, 0.05) is 35.6 Å². The van der Waals surface area contributed by atoms with Gasteiger partial charge in [-0.3, -0.25) is 9.59 Å². The molecule has 0 radical (unpaired) electrons. The van der Waals surface area contributed by atoms with Crippen LogP contribution in [0.4, 0.5) is 5.69 Å². The Balaban J connectivity index is 1.70. The maximum atomic E-state index is 12.4. The molecule has 0 saturated carbocycles. The highest BCUT2D eigenvalue weighted by Gasteiger charge is 2.09. The minimum atomic E-state index is -0.415. The van der Waals surface area contributed by atoms with Crippen LogP contribution in [0.25, 0.3) is 0 Å². The van der Waals surface area contributed by atoms with E-state index in [1.807, 2.05) is 19.9 Å². The summed E-state index contributed by atoms with van der Waals surface area (Å²) in [5.41, 5.74) is 2.61. The molecule has 0 aliphatic carbocycles. The fraction of sp³-hybridized carbons (Fsp3) is 0.143. The normalized spacial score (nSPS) is 10.2. The molecule has 28 heavy (non-hydrogen) atoms. The first-order valence-corrected chi connectivity index (χ1v) is 8.59. The van der Waals surface area contributed by atoms with E-state index in [4.69, 9.17) is 9.47 Å². The standard InChI is InChI=1S/C21H19N3O4/c1-13-11-14(2)23-21(22-13)28-19-6-4-5-17(12-19)24-20(26)16-7-9-18(10-8-16)27-15(3)25/h4-12H,1-3H3,(H,24,26). The van der Waals surface area contributed by atoms with Crippen LogP contribution in [0.3, 0.4) is 0 Å². The zero-order chi connectivity index (χ0) is 20.1. The molecule has 0 unspecified atom stereocenters. The third-order valence-corrected chi connectivity index (χ3v) is 3.64. The molecule has 142 valence electrons. The third-order valence-electron chi connectivity index (χ3n) is 3.64. The van der Waals surface area contributed by atoms with Gasteiger partial charge in [-0.1, -0.05) is 6.07 Å². The largest absolute Gasteiger partial charge is 0.427 e. The van der Waals surface area contributed by atoms with Crippen LogP contribution >= 0.6 is 0 Å². The predicted octanol–water partition coefficient (Wildman–Crippen LogP) is 4.06. The first-order valence-electron chi connectivity index (χ1n) is 8.59. The van der Waals surface area contributed by atoms with E-state index >= 15 is 0 Å². The Hall–Kier alpha value is -3.74. The highest BCUT2D eigenvalue weighted by Crippen LogP contribution is 2.23. The molecule has 1 heterocycles. The zero-order valence-corrected chi connectivity index (χ0v) is 15.7. The Morgan fingerprint density at radius 2 is 1.57 bits per heavy atom. The number of ether oxygens (including phenoxy) is 2. The number of nitrogens with one attached hydrogen (secondary N) is 1. The van der Waals surface area contributed by atoms with Crippen LogP contribution in [0.1, 0.15) is 28.7 Å². The van der Waals surface area contributed by atoms with E-state index in [1.54, 1.807) is 48.5 Å². The molecule has 1 amide bonds. The van der Waals surface area contributed by atoms with Gasteiger partial charge in [0.15, 0.2) is 0 Å². The van der Waals surface area contributed by atoms with Crippen molar-refractivity contribution in [1.82, 2.24) is 9.97 Å². The Morgan fingerprint density at radius 1 is 0.893 bits per heavy atom. The molecule has 3 rings (SSSR count). The number of rotatable bonds is 5. The number of hydrogen-bond acceptors (Lipinski definition) is 6. The van der Waals surface area contributed by atoms with Crippen LogP contribution in [0, 0.1) is 13.8 Å². The summed E-state index contributed by atoms with van der Waals surface area (Å²) in [6, 6.07) is 15.3. The number of carbonyl (C=O) groups is 2. The Kier molecular flexibility index (Phi) is 5.64. The van der Waals surface area contributed by atoms with Gasteiger partial charge in [0.2, 0.25) is 0 Å². The van der Waals surface area contributed by atoms with Crippen LogP contribution in [0.15, 0.2) is 54.6 Å². The van der Waals surface area contributed by atoms with Gasteiger partial charge in [0.1, 0.15) is 11.5 Å². The average Bonchev–Trinajstić information content (AvgIpc) is 2.61. The van der Waals surface area contributed by atoms with Crippen molar-refractivity contribution in [2.75, 3.05) is 5.32 Å². The van der Waals surface area contributed by atoms with Gasteiger partial charge < -0.3 is 14.8 Å². The zero-order valence-electron chi connectivity index (χ0n) is 15.7. The van der Waals surface area contributed by atoms with Crippen LogP contribution in [-0.2, 0) is 4.79 Å².